The maximum atomic E-state index is 10.5. The summed E-state index contributed by atoms with van der Waals surface area (Å²) in [6, 6.07) is 12.6. The molecule has 3 N–H and O–H groups in total. The molecule has 6 heteroatoms. The first-order valence-electron chi connectivity index (χ1n) is 9.21. The van der Waals surface area contributed by atoms with Crippen LogP contribution in [0.1, 0.15) is 16.9 Å². The van der Waals surface area contributed by atoms with Gasteiger partial charge in [0, 0.05) is 35.4 Å². The molecule has 0 spiro atoms. The number of nitrogens with one attached hydrogen (secondary N) is 2. The van der Waals surface area contributed by atoms with E-state index in [1.54, 1.807) is 17.4 Å². The zero-order chi connectivity index (χ0) is 18.6. The van der Waals surface area contributed by atoms with Crippen LogP contribution in [0.3, 0.4) is 0 Å². The van der Waals surface area contributed by atoms with E-state index >= 15 is 0 Å². The molecule has 5 nitrogen and oxygen atoms in total. The van der Waals surface area contributed by atoms with Gasteiger partial charge in [0.05, 0.1) is 5.69 Å². The number of thiophene rings is 1. The number of hydrogen-bond donors (Lipinski definition) is 3. The first-order chi connectivity index (χ1) is 13.2. The normalized spacial score (nSPS) is 15.4. The minimum Gasteiger partial charge on any atom is -0.382 e. The van der Waals surface area contributed by atoms with Crippen molar-refractivity contribution in [1.82, 2.24) is 9.88 Å². The Hall–Kier alpha value is -2.41. The van der Waals surface area contributed by atoms with E-state index in [9.17, 15) is 5.11 Å². The van der Waals surface area contributed by atoms with Crippen molar-refractivity contribution in [2.45, 2.75) is 19.2 Å². The highest BCUT2D eigenvalue weighted by atomic mass is 32.1. The summed E-state index contributed by atoms with van der Waals surface area (Å²) in [4.78, 5) is 7.65. The van der Waals surface area contributed by atoms with Gasteiger partial charge in [0.25, 0.3) is 0 Å². The molecule has 3 aromatic rings. The topological polar surface area (TPSA) is 60.4 Å². The van der Waals surface area contributed by atoms with E-state index in [1.807, 2.05) is 24.2 Å². The van der Waals surface area contributed by atoms with Crippen LogP contribution < -0.4 is 10.6 Å². The lowest BCUT2D eigenvalue weighted by Gasteiger charge is -2.19. The maximum absolute atomic E-state index is 10.5. The third-order valence-electron chi connectivity index (χ3n) is 4.66. The van der Waals surface area contributed by atoms with Crippen molar-refractivity contribution in [1.29, 1.82) is 0 Å². The van der Waals surface area contributed by atoms with Crippen LogP contribution in [0.5, 0.6) is 0 Å². The van der Waals surface area contributed by atoms with Gasteiger partial charge in [-0.2, -0.15) is 0 Å². The first kappa shape index (κ1) is 18.0. The molecule has 27 heavy (non-hydrogen) atoms. The fraction of sp³-hybridized carbons (Fsp3) is 0.286. The van der Waals surface area contributed by atoms with Crippen LogP contribution in [0.15, 0.2) is 48.7 Å². The summed E-state index contributed by atoms with van der Waals surface area (Å²) in [6.45, 7) is 2.58. The first-order valence-corrected chi connectivity index (χ1v) is 10.0. The molecule has 3 heterocycles. The summed E-state index contributed by atoms with van der Waals surface area (Å²) in [6.07, 6.45) is 5.98. The molecule has 0 saturated carbocycles. The van der Waals surface area contributed by atoms with Crippen LogP contribution in [0, 0.1) is 0 Å². The van der Waals surface area contributed by atoms with Gasteiger partial charge in [0.15, 0.2) is 0 Å². The Kier molecular flexibility index (Phi) is 5.38. The summed E-state index contributed by atoms with van der Waals surface area (Å²) >= 11 is 1.77. The molecular weight excluding hydrogens is 356 g/mol. The van der Waals surface area contributed by atoms with E-state index in [2.05, 4.69) is 52.0 Å². The number of benzene rings is 1. The molecule has 0 amide bonds. The number of nitrogens with zero attached hydrogens (tertiary/aromatic N) is 2. The predicted molar refractivity (Wildman–Crippen MR) is 114 cm³/mol. The molecule has 0 saturated heterocycles. The highest BCUT2D eigenvalue weighted by Crippen LogP contribution is 2.26. The molecule has 140 valence electrons. The van der Waals surface area contributed by atoms with Crippen molar-refractivity contribution < 1.29 is 5.11 Å². The van der Waals surface area contributed by atoms with E-state index in [0.717, 1.165) is 36.6 Å². The third kappa shape index (κ3) is 4.30. The average Bonchev–Trinajstić information content (AvgIpc) is 2.94. The van der Waals surface area contributed by atoms with E-state index in [-0.39, 0.29) is 0 Å². The van der Waals surface area contributed by atoms with Crippen molar-refractivity contribution in [2.24, 2.45) is 0 Å². The summed E-state index contributed by atoms with van der Waals surface area (Å²) < 4.78 is 1.28. The second-order valence-electron chi connectivity index (χ2n) is 6.81. The number of aromatic nitrogens is 1. The van der Waals surface area contributed by atoms with Gasteiger partial charge in [-0.25, -0.2) is 4.98 Å². The lowest BCUT2D eigenvalue weighted by Crippen LogP contribution is -2.28. The van der Waals surface area contributed by atoms with Crippen molar-refractivity contribution >= 4 is 39.0 Å². The Labute approximate surface area is 163 Å². The number of likely N-dealkylation sites (N-methyl/N-ethyl adjacent to an activating group) is 1. The van der Waals surface area contributed by atoms with Gasteiger partial charge < -0.3 is 15.7 Å². The van der Waals surface area contributed by atoms with Gasteiger partial charge in [0.2, 0.25) is 0 Å². The largest absolute Gasteiger partial charge is 0.382 e. The van der Waals surface area contributed by atoms with E-state index in [1.165, 1.54) is 15.0 Å². The zero-order valence-electron chi connectivity index (χ0n) is 15.4. The summed E-state index contributed by atoms with van der Waals surface area (Å²) in [7, 11) is 1.93. The molecule has 2 aromatic heterocycles. The minimum atomic E-state index is -0.653. The van der Waals surface area contributed by atoms with Crippen LogP contribution in [0.4, 0.5) is 11.5 Å². The monoisotopic (exact) mass is 380 g/mol. The van der Waals surface area contributed by atoms with Crippen LogP contribution >= 0.6 is 11.3 Å². The van der Waals surface area contributed by atoms with Crippen molar-refractivity contribution in [3.05, 3.63) is 59.1 Å². The highest BCUT2D eigenvalue weighted by molar-refractivity contribution is 7.19. The molecule has 0 bridgehead atoms. The highest BCUT2D eigenvalue weighted by Gasteiger charge is 2.11. The molecule has 1 aliphatic heterocycles. The Morgan fingerprint density at radius 2 is 2.11 bits per heavy atom. The molecule has 0 radical (unpaired) electrons. The van der Waals surface area contributed by atoms with Gasteiger partial charge in [-0.05, 0) is 48.7 Å². The van der Waals surface area contributed by atoms with Crippen molar-refractivity contribution in [3.63, 3.8) is 0 Å². The van der Waals surface area contributed by atoms with Gasteiger partial charge in [0.1, 0.15) is 12.0 Å². The SMILES string of the molecule is CN(Cc1cc2ccccc2s1)C(O)/C=C/c1cnc2c(c1)NCCCN2. The Morgan fingerprint density at radius 1 is 1.26 bits per heavy atom. The van der Waals surface area contributed by atoms with E-state index in [0.29, 0.717) is 6.54 Å². The van der Waals surface area contributed by atoms with Gasteiger partial charge >= 0.3 is 0 Å². The second-order valence-corrected chi connectivity index (χ2v) is 7.98. The van der Waals surface area contributed by atoms with Gasteiger partial charge in [-0.3, -0.25) is 4.90 Å². The molecule has 0 fully saturated rings. The number of rotatable bonds is 5. The van der Waals surface area contributed by atoms with E-state index in [4.69, 9.17) is 0 Å². The van der Waals surface area contributed by atoms with Crippen molar-refractivity contribution in [2.75, 3.05) is 30.8 Å². The lowest BCUT2D eigenvalue weighted by molar-refractivity contribution is 0.0585. The standard InChI is InChI=1S/C21H24N4OS/c1-25(14-17-12-16-5-2-3-6-19(16)27-17)20(26)8-7-15-11-18-21(24-13-15)23-10-4-9-22-18/h2-3,5-8,11-13,20,22,26H,4,9-10,14H2,1H3,(H,23,24)/b8-7+. The number of hydrogen-bond acceptors (Lipinski definition) is 6. The average molecular weight is 381 g/mol. The fourth-order valence-electron chi connectivity index (χ4n) is 3.16. The third-order valence-corrected chi connectivity index (χ3v) is 5.77. The quantitative estimate of drug-likeness (QED) is 0.584. The maximum Gasteiger partial charge on any atom is 0.149 e. The molecule has 4 rings (SSSR count). The molecule has 0 aliphatic carbocycles. The second kappa shape index (κ2) is 8.08. The van der Waals surface area contributed by atoms with Gasteiger partial charge in [-0.15, -0.1) is 11.3 Å². The Balaban J connectivity index is 1.41. The molecule has 1 atom stereocenters. The molecule has 1 unspecified atom stereocenters. The predicted octanol–water partition coefficient (Wildman–Crippen LogP) is 3.99. The van der Waals surface area contributed by atoms with Crippen LogP contribution in [-0.4, -0.2) is 41.4 Å². The Bertz CT molecular complexity index is 919. The fourth-order valence-corrected chi connectivity index (χ4v) is 4.29. The van der Waals surface area contributed by atoms with Crippen molar-refractivity contribution in [3.8, 4) is 0 Å². The summed E-state index contributed by atoms with van der Waals surface area (Å²) in [5, 5.41) is 18.5. The van der Waals surface area contributed by atoms with Crippen LogP contribution in [-0.2, 0) is 6.54 Å². The van der Waals surface area contributed by atoms with Gasteiger partial charge in [-0.1, -0.05) is 24.3 Å². The number of pyridine rings is 1. The van der Waals surface area contributed by atoms with Crippen LogP contribution in [0.2, 0.25) is 0 Å². The summed E-state index contributed by atoms with van der Waals surface area (Å²) in [5.74, 6) is 0.895. The summed E-state index contributed by atoms with van der Waals surface area (Å²) in [5.41, 5.74) is 1.99. The zero-order valence-corrected chi connectivity index (χ0v) is 16.2. The lowest BCUT2D eigenvalue weighted by atomic mass is 10.2. The number of anilines is 2. The Morgan fingerprint density at radius 3 is 3.00 bits per heavy atom. The minimum absolute atomic E-state index is 0.653. The number of fused-ring (bicyclic) bond motifs is 2. The molecular formula is C21H24N4OS. The molecule has 1 aliphatic rings. The van der Waals surface area contributed by atoms with Crippen LogP contribution in [0.25, 0.3) is 16.2 Å². The van der Waals surface area contributed by atoms with E-state index < -0.39 is 6.23 Å². The molecule has 1 aromatic carbocycles. The number of aliphatic hydroxyl groups is 1. The number of aliphatic hydroxyl groups excluding tert-OH is 1. The smallest absolute Gasteiger partial charge is 0.149 e.